The van der Waals surface area contributed by atoms with Gasteiger partial charge in [-0.3, -0.25) is 9.78 Å². The van der Waals surface area contributed by atoms with Gasteiger partial charge >= 0.3 is 0 Å². The third-order valence-corrected chi connectivity index (χ3v) is 4.12. The first kappa shape index (κ1) is 14.6. The van der Waals surface area contributed by atoms with Gasteiger partial charge in [0.2, 0.25) is 5.91 Å². The molecule has 2 atom stereocenters. The number of hydrogen-bond acceptors (Lipinski definition) is 2. The smallest absolute Gasteiger partial charge is 0.220 e. The van der Waals surface area contributed by atoms with E-state index in [1.165, 1.54) is 12.1 Å². The van der Waals surface area contributed by atoms with Crippen LogP contribution in [0.2, 0.25) is 0 Å². The van der Waals surface area contributed by atoms with Crippen molar-refractivity contribution in [2.75, 3.05) is 6.54 Å². The van der Waals surface area contributed by atoms with Crippen molar-refractivity contribution in [1.29, 1.82) is 0 Å². The number of aromatic nitrogens is 1. The second kappa shape index (κ2) is 5.83. The average Bonchev–Trinajstić information content (AvgIpc) is 2.86. The maximum Gasteiger partial charge on any atom is 0.220 e. The van der Waals surface area contributed by atoms with E-state index in [0.29, 0.717) is 18.5 Å². The van der Waals surface area contributed by atoms with E-state index >= 15 is 0 Å². The van der Waals surface area contributed by atoms with E-state index in [2.05, 4.69) is 10.3 Å². The Morgan fingerprint density at radius 2 is 2.00 bits per heavy atom. The number of nitrogens with zero attached hydrogens (tertiary/aromatic N) is 1. The predicted molar refractivity (Wildman–Crippen MR) is 78.3 cm³/mol. The van der Waals surface area contributed by atoms with Gasteiger partial charge in [-0.25, -0.2) is 8.78 Å². The number of benzene rings is 1. The fourth-order valence-corrected chi connectivity index (χ4v) is 3.16. The van der Waals surface area contributed by atoms with Crippen molar-refractivity contribution < 1.29 is 13.6 Å². The number of carbonyl (C=O) groups is 1. The fraction of sp³-hybridized carbons (Fsp3) is 0.294. The molecule has 22 heavy (non-hydrogen) atoms. The normalized spacial score (nSPS) is 19.0. The average molecular weight is 302 g/mol. The minimum absolute atomic E-state index is 0.0291. The Balaban J connectivity index is 2.10. The summed E-state index contributed by atoms with van der Waals surface area (Å²) in [6.45, 7) is 2.42. The Morgan fingerprint density at radius 3 is 2.59 bits per heavy atom. The summed E-state index contributed by atoms with van der Waals surface area (Å²) >= 11 is 0. The summed E-state index contributed by atoms with van der Waals surface area (Å²) in [5, 5.41) is 2.80. The Kier molecular flexibility index (Phi) is 3.88. The molecule has 0 radical (unpaired) electrons. The molecule has 2 heterocycles. The molecule has 1 aromatic carbocycles. The molecule has 1 aliphatic heterocycles. The van der Waals surface area contributed by atoms with E-state index in [-0.39, 0.29) is 17.7 Å². The zero-order chi connectivity index (χ0) is 15.7. The number of aryl methyl sites for hydroxylation is 1. The Morgan fingerprint density at radius 1 is 1.27 bits per heavy atom. The number of hydrogen-bond donors (Lipinski definition) is 1. The van der Waals surface area contributed by atoms with Gasteiger partial charge in [0, 0.05) is 37.3 Å². The van der Waals surface area contributed by atoms with Crippen LogP contribution in [-0.2, 0) is 4.79 Å². The van der Waals surface area contributed by atoms with Gasteiger partial charge in [-0.15, -0.1) is 0 Å². The van der Waals surface area contributed by atoms with Crippen LogP contribution in [0.25, 0.3) is 0 Å². The third kappa shape index (κ3) is 2.84. The number of rotatable bonds is 3. The van der Waals surface area contributed by atoms with E-state index < -0.39 is 11.6 Å². The summed E-state index contributed by atoms with van der Waals surface area (Å²) in [5.74, 6) is -1.52. The summed E-state index contributed by atoms with van der Waals surface area (Å²) in [6.07, 6.45) is 3.74. The standard InChI is InChI=1S/C17H16F2N2O/c1-10-8-20-3-2-15(10)17(12-6-16(22)21-9-12)11-4-13(18)7-14(19)5-11/h2-5,7-8,12,17H,6,9H2,1H3,(H,21,22). The minimum Gasteiger partial charge on any atom is -0.356 e. The van der Waals surface area contributed by atoms with Crippen LogP contribution in [0.5, 0.6) is 0 Å². The molecule has 3 rings (SSSR count). The van der Waals surface area contributed by atoms with Crippen molar-refractivity contribution in [1.82, 2.24) is 10.3 Å². The molecule has 2 unspecified atom stereocenters. The Hall–Kier alpha value is -2.30. The van der Waals surface area contributed by atoms with Crippen LogP contribution in [0.3, 0.4) is 0 Å². The summed E-state index contributed by atoms with van der Waals surface area (Å²) in [7, 11) is 0. The molecular formula is C17H16F2N2O. The lowest BCUT2D eigenvalue weighted by Gasteiger charge is -2.25. The zero-order valence-electron chi connectivity index (χ0n) is 12.1. The number of amides is 1. The van der Waals surface area contributed by atoms with E-state index in [1.807, 2.05) is 13.0 Å². The third-order valence-electron chi connectivity index (χ3n) is 4.12. The van der Waals surface area contributed by atoms with Gasteiger partial charge in [0.1, 0.15) is 11.6 Å². The first-order chi connectivity index (χ1) is 10.5. The van der Waals surface area contributed by atoms with E-state index in [9.17, 15) is 13.6 Å². The molecule has 0 bridgehead atoms. The van der Waals surface area contributed by atoms with Crippen molar-refractivity contribution in [2.24, 2.45) is 5.92 Å². The number of halogens is 2. The van der Waals surface area contributed by atoms with Gasteiger partial charge in [0.05, 0.1) is 0 Å². The van der Waals surface area contributed by atoms with Gasteiger partial charge < -0.3 is 5.32 Å². The van der Waals surface area contributed by atoms with Gasteiger partial charge in [-0.2, -0.15) is 0 Å². The van der Waals surface area contributed by atoms with Crippen LogP contribution >= 0.6 is 0 Å². The highest BCUT2D eigenvalue weighted by atomic mass is 19.1. The minimum atomic E-state index is -0.607. The molecule has 1 aliphatic rings. The maximum atomic E-state index is 13.6. The summed E-state index contributed by atoms with van der Waals surface area (Å²) in [6, 6.07) is 5.40. The lowest BCUT2D eigenvalue weighted by Crippen LogP contribution is -2.19. The van der Waals surface area contributed by atoms with Gasteiger partial charge in [0.15, 0.2) is 0 Å². The van der Waals surface area contributed by atoms with E-state index in [1.54, 1.807) is 12.4 Å². The molecule has 5 heteroatoms. The molecular weight excluding hydrogens is 286 g/mol. The highest BCUT2D eigenvalue weighted by molar-refractivity contribution is 5.78. The second-order valence-corrected chi connectivity index (χ2v) is 5.68. The molecule has 1 aromatic heterocycles. The van der Waals surface area contributed by atoms with Crippen molar-refractivity contribution in [3.63, 3.8) is 0 Å². The molecule has 0 saturated carbocycles. The Bertz CT molecular complexity index is 697. The second-order valence-electron chi connectivity index (χ2n) is 5.68. The summed E-state index contributed by atoms with van der Waals surface area (Å²) in [4.78, 5) is 15.6. The molecule has 1 N–H and O–H groups in total. The van der Waals surface area contributed by atoms with E-state index in [4.69, 9.17) is 0 Å². The van der Waals surface area contributed by atoms with Gasteiger partial charge in [0.25, 0.3) is 0 Å². The molecule has 1 fully saturated rings. The first-order valence-electron chi connectivity index (χ1n) is 7.18. The van der Waals surface area contributed by atoms with Crippen LogP contribution in [0.4, 0.5) is 8.78 Å². The number of carbonyl (C=O) groups excluding carboxylic acids is 1. The van der Waals surface area contributed by atoms with Crippen molar-refractivity contribution >= 4 is 5.91 Å². The molecule has 2 aromatic rings. The number of pyridine rings is 1. The van der Waals surface area contributed by atoms with Crippen molar-refractivity contribution in [3.05, 3.63) is 65.0 Å². The molecule has 3 nitrogen and oxygen atoms in total. The quantitative estimate of drug-likeness (QED) is 0.947. The van der Waals surface area contributed by atoms with Gasteiger partial charge in [-0.05, 0) is 47.7 Å². The van der Waals surface area contributed by atoms with Gasteiger partial charge in [-0.1, -0.05) is 0 Å². The summed E-state index contributed by atoms with van der Waals surface area (Å²) in [5.41, 5.74) is 2.44. The lowest BCUT2D eigenvalue weighted by molar-refractivity contribution is -0.119. The molecule has 1 saturated heterocycles. The Labute approximate surface area is 127 Å². The molecule has 0 spiro atoms. The van der Waals surface area contributed by atoms with Crippen LogP contribution in [0.15, 0.2) is 36.7 Å². The largest absolute Gasteiger partial charge is 0.356 e. The highest BCUT2D eigenvalue weighted by Crippen LogP contribution is 2.37. The molecule has 114 valence electrons. The van der Waals surface area contributed by atoms with Crippen LogP contribution < -0.4 is 5.32 Å². The SMILES string of the molecule is Cc1cnccc1C(c1cc(F)cc(F)c1)C1CNC(=O)C1. The van der Waals surface area contributed by atoms with Crippen LogP contribution in [-0.4, -0.2) is 17.4 Å². The highest BCUT2D eigenvalue weighted by Gasteiger charge is 2.32. The van der Waals surface area contributed by atoms with Crippen molar-refractivity contribution in [2.45, 2.75) is 19.3 Å². The first-order valence-corrected chi connectivity index (χ1v) is 7.18. The number of nitrogens with one attached hydrogen (secondary N) is 1. The van der Waals surface area contributed by atoms with Crippen LogP contribution in [0.1, 0.15) is 29.0 Å². The van der Waals surface area contributed by atoms with E-state index in [0.717, 1.165) is 17.2 Å². The predicted octanol–water partition coefficient (Wildman–Crippen LogP) is 2.94. The summed E-state index contributed by atoms with van der Waals surface area (Å²) < 4.78 is 27.3. The zero-order valence-corrected chi connectivity index (χ0v) is 12.1. The molecule has 0 aliphatic carbocycles. The maximum absolute atomic E-state index is 13.6. The monoisotopic (exact) mass is 302 g/mol. The van der Waals surface area contributed by atoms with Crippen molar-refractivity contribution in [3.8, 4) is 0 Å². The fourth-order valence-electron chi connectivity index (χ4n) is 3.16. The molecule has 1 amide bonds. The lowest BCUT2D eigenvalue weighted by atomic mass is 9.79. The topological polar surface area (TPSA) is 42.0 Å². The van der Waals surface area contributed by atoms with Crippen LogP contribution in [0, 0.1) is 24.5 Å².